The summed E-state index contributed by atoms with van der Waals surface area (Å²) < 4.78 is 18.2. The zero-order chi connectivity index (χ0) is 15.2. The van der Waals surface area contributed by atoms with Crippen molar-refractivity contribution < 1.29 is 13.7 Å². The maximum Gasteiger partial charge on any atom is 0.433 e. The zero-order valence-corrected chi connectivity index (χ0v) is 11.3. The second-order valence-corrected chi connectivity index (χ2v) is 4.15. The maximum atomic E-state index is 13.3. The molecule has 1 aromatic heterocycles. The van der Waals surface area contributed by atoms with Gasteiger partial charge in [-0.2, -0.15) is 5.10 Å². The molecule has 0 fully saturated rings. The van der Waals surface area contributed by atoms with Gasteiger partial charge in [0.25, 0.3) is 0 Å². The maximum absolute atomic E-state index is 13.3. The van der Waals surface area contributed by atoms with Crippen LogP contribution in [-0.2, 0) is 0 Å². The van der Waals surface area contributed by atoms with Crippen LogP contribution in [0.1, 0.15) is 5.76 Å². The summed E-state index contributed by atoms with van der Waals surface area (Å²) in [5.74, 6) is -0.654. The second kappa shape index (κ2) is 6.57. The molecule has 0 spiro atoms. The standard InChI is InChI=1S/C12H9FN4O3S/c13-9-3-1-2-4-10(9)15-12(21)16-14-7-8-5-6-11(20-8)17(18)19/h1-7H,(H2,15,16,21)/b14-7-. The number of hydrogen-bond donors (Lipinski definition) is 2. The Labute approximate surface area is 123 Å². The zero-order valence-electron chi connectivity index (χ0n) is 10.4. The Morgan fingerprint density at radius 1 is 1.38 bits per heavy atom. The van der Waals surface area contributed by atoms with E-state index in [0.29, 0.717) is 0 Å². The van der Waals surface area contributed by atoms with E-state index in [2.05, 4.69) is 15.8 Å². The fourth-order valence-corrected chi connectivity index (χ4v) is 1.54. The minimum atomic E-state index is -0.658. The highest BCUT2D eigenvalue weighted by molar-refractivity contribution is 7.80. The SMILES string of the molecule is O=[N+]([O-])c1ccc(/C=N\NC(=S)Nc2ccccc2F)o1. The van der Waals surface area contributed by atoms with Crippen molar-refractivity contribution in [3.63, 3.8) is 0 Å². The van der Waals surface area contributed by atoms with Gasteiger partial charge in [-0.3, -0.25) is 15.5 Å². The van der Waals surface area contributed by atoms with Crippen LogP contribution < -0.4 is 10.7 Å². The number of anilines is 1. The number of furan rings is 1. The Bertz CT molecular complexity index is 701. The molecule has 2 rings (SSSR count). The molecule has 7 nitrogen and oxygen atoms in total. The lowest BCUT2D eigenvalue weighted by Crippen LogP contribution is -2.24. The van der Waals surface area contributed by atoms with Crippen LogP contribution in [0.2, 0.25) is 0 Å². The smallest absolute Gasteiger partial charge is 0.400 e. The molecule has 0 aliphatic rings. The molecule has 9 heteroatoms. The number of benzene rings is 1. The molecular weight excluding hydrogens is 299 g/mol. The average molecular weight is 308 g/mol. The van der Waals surface area contributed by atoms with Gasteiger partial charge in [-0.05, 0) is 30.4 Å². The van der Waals surface area contributed by atoms with E-state index in [1.54, 1.807) is 12.1 Å². The van der Waals surface area contributed by atoms with Crippen molar-refractivity contribution in [1.29, 1.82) is 0 Å². The first-order chi connectivity index (χ1) is 10.1. The molecule has 108 valence electrons. The van der Waals surface area contributed by atoms with Crippen molar-refractivity contribution in [2.75, 3.05) is 5.32 Å². The van der Waals surface area contributed by atoms with E-state index < -0.39 is 10.7 Å². The Morgan fingerprint density at radius 3 is 2.81 bits per heavy atom. The van der Waals surface area contributed by atoms with Crippen molar-refractivity contribution in [2.45, 2.75) is 0 Å². The normalized spacial score (nSPS) is 10.5. The van der Waals surface area contributed by atoms with Gasteiger partial charge in [-0.25, -0.2) is 4.39 Å². The van der Waals surface area contributed by atoms with Crippen molar-refractivity contribution in [1.82, 2.24) is 5.43 Å². The molecule has 21 heavy (non-hydrogen) atoms. The van der Waals surface area contributed by atoms with Gasteiger partial charge < -0.3 is 9.73 Å². The van der Waals surface area contributed by atoms with Gasteiger partial charge in [0, 0.05) is 0 Å². The van der Waals surface area contributed by atoms with E-state index in [9.17, 15) is 14.5 Å². The highest BCUT2D eigenvalue weighted by Gasteiger charge is 2.10. The first kappa shape index (κ1) is 14.6. The fraction of sp³-hybridized carbons (Fsp3) is 0. The Hall–Kier alpha value is -2.81. The number of hydrogen-bond acceptors (Lipinski definition) is 5. The van der Waals surface area contributed by atoms with Gasteiger partial charge >= 0.3 is 5.88 Å². The summed E-state index contributed by atoms with van der Waals surface area (Å²) in [6.45, 7) is 0. The third-order valence-corrected chi connectivity index (χ3v) is 2.47. The predicted octanol–water partition coefficient (Wildman–Crippen LogP) is 2.65. The molecule has 0 saturated carbocycles. The summed E-state index contributed by atoms with van der Waals surface area (Å²) in [4.78, 5) is 9.76. The van der Waals surface area contributed by atoms with Gasteiger partial charge in [0.1, 0.15) is 10.7 Å². The van der Waals surface area contributed by atoms with Crippen molar-refractivity contribution >= 4 is 35.1 Å². The summed E-state index contributed by atoms with van der Waals surface area (Å²) in [5.41, 5.74) is 2.65. The third kappa shape index (κ3) is 4.08. The molecule has 2 N–H and O–H groups in total. The van der Waals surface area contributed by atoms with E-state index in [0.717, 1.165) is 0 Å². The van der Waals surface area contributed by atoms with E-state index in [1.165, 1.54) is 30.5 Å². The number of halogens is 1. The quantitative estimate of drug-likeness (QED) is 0.390. The molecule has 0 amide bonds. The highest BCUT2D eigenvalue weighted by Crippen LogP contribution is 2.14. The third-order valence-electron chi connectivity index (χ3n) is 2.27. The molecule has 0 aliphatic carbocycles. The van der Waals surface area contributed by atoms with Crippen molar-refractivity contribution in [3.8, 4) is 0 Å². The number of thiocarbonyl (C=S) groups is 1. The van der Waals surface area contributed by atoms with Gasteiger partial charge in [0.15, 0.2) is 10.9 Å². The number of para-hydroxylation sites is 1. The minimum Gasteiger partial charge on any atom is -0.400 e. The number of hydrazone groups is 1. The van der Waals surface area contributed by atoms with Crippen molar-refractivity contribution in [2.24, 2.45) is 5.10 Å². The molecule has 0 saturated heterocycles. The second-order valence-electron chi connectivity index (χ2n) is 3.74. The summed E-state index contributed by atoms with van der Waals surface area (Å²) in [6, 6.07) is 8.60. The van der Waals surface area contributed by atoms with E-state index >= 15 is 0 Å². The summed E-state index contributed by atoms with van der Waals surface area (Å²) in [6.07, 6.45) is 1.21. The summed E-state index contributed by atoms with van der Waals surface area (Å²) >= 11 is 4.92. The topological polar surface area (TPSA) is 92.7 Å². The van der Waals surface area contributed by atoms with Crippen LogP contribution in [0, 0.1) is 15.9 Å². The van der Waals surface area contributed by atoms with Crippen LogP contribution in [0.15, 0.2) is 45.9 Å². The van der Waals surface area contributed by atoms with Gasteiger partial charge in [-0.15, -0.1) is 0 Å². The Morgan fingerprint density at radius 2 is 2.14 bits per heavy atom. The van der Waals surface area contributed by atoms with Crippen LogP contribution in [0.5, 0.6) is 0 Å². The van der Waals surface area contributed by atoms with Crippen LogP contribution in [0.25, 0.3) is 0 Å². The summed E-state index contributed by atoms with van der Waals surface area (Å²) in [7, 11) is 0. The molecule has 0 unspecified atom stereocenters. The lowest BCUT2D eigenvalue weighted by molar-refractivity contribution is -0.402. The Balaban J connectivity index is 1.90. The van der Waals surface area contributed by atoms with Crippen LogP contribution >= 0.6 is 12.2 Å². The van der Waals surface area contributed by atoms with Gasteiger partial charge in [-0.1, -0.05) is 12.1 Å². The molecule has 0 aliphatic heterocycles. The average Bonchev–Trinajstić information content (AvgIpc) is 2.90. The highest BCUT2D eigenvalue weighted by atomic mass is 32.1. The van der Waals surface area contributed by atoms with Crippen LogP contribution in [0.3, 0.4) is 0 Å². The number of nitro groups is 1. The molecule has 2 aromatic rings. The number of nitrogens with zero attached hydrogens (tertiary/aromatic N) is 2. The van der Waals surface area contributed by atoms with Gasteiger partial charge in [0.2, 0.25) is 0 Å². The molecule has 0 atom stereocenters. The van der Waals surface area contributed by atoms with Crippen LogP contribution in [-0.4, -0.2) is 16.3 Å². The van der Waals surface area contributed by atoms with Gasteiger partial charge in [0.05, 0.1) is 18.0 Å². The van der Waals surface area contributed by atoms with E-state index in [1.807, 2.05) is 0 Å². The molecule has 0 bridgehead atoms. The summed E-state index contributed by atoms with van der Waals surface area (Å²) in [5, 5.41) is 16.8. The largest absolute Gasteiger partial charge is 0.433 e. The number of nitrogens with one attached hydrogen (secondary N) is 2. The monoisotopic (exact) mass is 308 g/mol. The lowest BCUT2D eigenvalue weighted by atomic mass is 10.3. The molecular formula is C12H9FN4O3S. The molecule has 1 aromatic carbocycles. The molecule has 1 heterocycles. The van der Waals surface area contributed by atoms with Crippen molar-refractivity contribution in [3.05, 3.63) is 58.1 Å². The lowest BCUT2D eigenvalue weighted by Gasteiger charge is -2.07. The first-order valence-electron chi connectivity index (χ1n) is 5.65. The fourth-order valence-electron chi connectivity index (χ4n) is 1.38. The van der Waals surface area contributed by atoms with E-state index in [4.69, 9.17) is 16.6 Å². The number of rotatable bonds is 4. The van der Waals surface area contributed by atoms with Crippen LogP contribution in [0.4, 0.5) is 16.0 Å². The Kier molecular flexibility index (Phi) is 4.57. The van der Waals surface area contributed by atoms with E-state index in [-0.39, 0.29) is 22.4 Å². The molecule has 0 radical (unpaired) electrons. The predicted molar refractivity (Wildman–Crippen MR) is 78.7 cm³/mol. The first-order valence-corrected chi connectivity index (χ1v) is 6.06. The minimum absolute atomic E-state index is 0.0670.